The molecule has 0 radical (unpaired) electrons. The molecule has 0 aliphatic rings. The number of hydrogen-bond donors (Lipinski definition) is 0. The van der Waals surface area contributed by atoms with E-state index in [1.807, 2.05) is 0 Å². The Morgan fingerprint density at radius 1 is 1.50 bits per heavy atom. The summed E-state index contributed by atoms with van der Waals surface area (Å²) in [6.45, 7) is 0. The van der Waals surface area contributed by atoms with Gasteiger partial charge in [-0.2, -0.15) is 5.26 Å². The van der Waals surface area contributed by atoms with Gasteiger partial charge in [-0.1, -0.05) is 11.8 Å². The molecule has 68 valence electrons. The lowest BCUT2D eigenvalue weighted by atomic mass is 10.1. The molecule has 14 heavy (non-hydrogen) atoms. The van der Waals surface area contributed by atoms with E-state index in [0.29, 0.717) is 11.8 Å². The third kappa shape index (κ3) is 2.43. The van der Waals surface area contributed by atoms with Gasteiger partial charge in [0.15, 0.2) is 0 Å². The van der Waals surface area contributed by atoms with Gasteiger partial charge >= 0.3 is 0 Å². The number of benzene rings is 1. The van der Waals surface area contributed by atoms with Crippen molar-refractivity contribution in [1.82, 2.24) is 0 Å². The Labute approximate surface area is 81.0 Å². The maximum Gasteiger partial charge on any atom is 0.141 e. The maximum absolute atomic E-state index is 12.8. The zero-order valence-electron chi connectivity index (χ0n) is 7.25. The van der Waals surface area contributed by atoms with Crippen LogP contribution in [0.2, 0.25) is 0 Å². The first kappa shape index (κ1) is 9.95. The third-order valence-corrected chi connectivity index (χ3v) is 1.50. The van der Waals surface area contributed by atoms with Crippen molar-refractivity contribution in [1.29, 1.82) is 5.26 Å². The van der Waals surface area contributed by atoms with E-state index in [1.54, 1.807) is 6.07 Å². The molecule has 0 N–H and O–H groups in total. The number of carbonyl (C=O) groups excluding carboxylic acids is 1. The van der Waals surface area contributed by atoms with Gasteiger partial charge in [0.25, 0.3) is 0 Å². The summed E-state index contributed by atoms with van der Waals surface area (Å²) in [6.07, 6.45) is 0.820. The molecule has 0 unspecified atom stereocenters. The Morgan fingerprint density at radius 2 is 2.29 bits per heavy atom. The Kier molecular flexibility index (Phi) is 3.41. The second kappa shape index (κ2) is 4.79. The quantitative estimate of drug-likeness (QED) is 0.495. The molecule has 0 atom stereocenters. The van der Waals surface area contributed by atoms with E-state index in [2.05, 4.69) is 11.8 Å². The highest BCUT2D eigenvalue weighted by Gasteiger charge is 2.00. The van der Waals surface area contributed by atoms with E-state index >= 15 is 0 Å². The van der Waals surface area contributed by atoms with Crippen molar-refractivity contribution >= 4 is 6.29 Å². The number of hydrogen-bond acceptors (Lipinski definition) is 2. The number of nitrogens with zero attached hydrogens (tertiary/aromatic N) is 1. The van der Waals surface area contributed by atoms with Gasteiger partial charge in [0.2, 0.25) is 0 Å². The first-order valence-corrected chi connectivity index (χ1v) is 3.90. The van der Waals surface area contributed by atoms with E-state index in [1.165, 1.54) is 18.2 Å². The molecule has 3 heteroatoms. The van der Waals surface area contributed by atoms with Crippen molar-refractivity contribution in [3.8, 4) is 17.9 Å². The number of rotatable bonds is 1. The minimum absolute atomic E-state index is 0.0390. The highest BCUT2D eigenvalue weighted by Crippen LogP contribution is 2.08. The first-order chi connectivity index (χ1) is 6.77. The van der Waals surface area contributed by atoms with E-state index < -0.39 is 5.82 Å². The SMILES string of the molecule is N#Cc1cc(C#CCC=O)ccc1F. The van der Waals surface area contributed by atoms with Crippen molar-refractivity contribution in [2.75, 3.05) is 0 Å². The topological polar surface area (TPSA) is 40.9 Å². The van der Waals surface area contributed by atoms with Gasteiger partial charge in [-0.05, 0) is 18.2 Å². The molecule has 0 aliphatic carbocycles. The summed E-state index contributed by atoms with van der Waals surface area (Å²) in [6, 6.07) is 5.72. The van der Waals surface area contributed by atoms with Crippen molar-refractivity contribution < 1.29 is 9.18 Å². The predicted molar refractivity (Wildman–Crippen MR) is 48.7 cm³/mol. The van der Waals surface area contributed by atoms with Crippen molar-refractivity contribution in [3.63, 3.8) is 0 Å². The standard InChI is InChI=1S/C11H6FNO/c12-11-5-4-9(3-1-2-6-14)7-10(11)8-13/h4-7H,2H2. The largest absolute Gasteiger partial charge is 0.302 e. The summed E-state index contributed by atoms with van der Waals surface area (Å²) < 4.78 is 12.8. The van der Waals surface area contributed by atoms with Gasteiger partial charge in [-0.25, -0.2) is 4.39 Å². The molecule has 0 aromatic heterocycles. The summed E-state index contributed by atoms with van der Waals surface area (Å²) in [5.74, 6) is 4.66. The van der Waals surface area contributed by atoms with Crippen LogP contribution < -0.4 is 0 Å². The van der Waals surface area contributed by atoms with E-state index in [4.69, 9.17) is 5.26 Å². The smallest absolute Gasteiger partial charge is 0.141 e. The van der Waals surface area contributed by atoms with Crippen LogP contribution in [0.25, 0.3) is 0 Å². The zero-order valence-corrected chi connectivity index (χ0v) is 7.25. The van der Waals surface area contributed by atoms with Crippen LogP contribution in [0.4, 0.5) is 4.39 Å². The Morgan fingerprint density at radius 3 is 2.93 bits per heavy atom. The van der Waals surface area contributed by atoms with Gasteiger partial charge in [-0.15, -0.1) is 0 Å². The van der Waals surface area contributed by atoms with Crippen molar-refractivity contribution in [3.05, 3.63) is 35.1 Å². The molecule has 1 aromatic rings. The molecule has 0 saturated heterocycles. The van der Waals surface area contributed by atoms with Crippen molar-refractivity contribution in [2.24, 2.45) is 0 Å². The molecular weight excluding hydrogens is 181 g/mol. The van der Waals surface area contributed by atoms with Crippen molar-refractivity contribution in [2.45, 2.75) is 6.42 Å². The van der Waals surface area contributed by atoms with Crippen LogP contribution in [-0.2, 0) is 4.79 Å². The average molecular weight is 187 g/mol. The first-order valence-electron chi connectivity index (χ1n) is 3.90. The van der Waals surface area contributed by atoms with Gasteiger partial charge in [0, 0.05) is 5.56 Å². The van der Waals surface area contributed by atoms with Crippen LogP contribution in [0, 0.1) is 29.0 Å². The van der Waals surface area contributed by atoms with E-state index in [0.717, 1.165) is 0 Å². The van der Waals surface area contributed by atoms with Crippen LogP contribution >= 0.6 is 0 Å². The number of carbonyl (C=O) groups is 1. The molecule has 1 rings (SSSR count). The monoisotopic (exact) mass is 187 g/mol. The minimum atomic E-state index is -0.562. The molecule has 0 fully saturated rings. The summed E-state index contributed by atoms with van der Waals surface area (Å²) in [4.78, 5) is 9.96. The van der Waals surface area contributed by atoms with Gasteiger partial charge < -0.3 is 4.79 Å². The predicted octanol–water partition coefficient (Wildman–Crippen LogP) is 1.64. The zero-order chi connectivity index (χ0) is 10.4. The number of halogens is 1. The fourth-order valence-electron chi connectivity index (χ4n) is 0.883. The highest BCUT2D eigenvalue weighted by atomic mass is 19.1. The fourth-order valence-corrected chi connectivity index (χ4v) is 0.883. The van der Waals surface area contributed by atoms with Crippen LogP contribution in [0.5, 0.6) is 0 Å². The molecule has 2 nitrogen and oxygen atoms in total. The minimum Gasteiger partial charge on any atom is -0.302 e. The van der Waals surface area contributed by atoms with Gasteiger partial charge in [0.1, 0.15) is 18.2 Å². The number of aldehydes is 1. The molecule has 0 aliphatic heterocycles. The van der Waals surface area contributed by atoms with E-state index in [-0.39, 0.29) is 12.0 Å². The molecule has 0 bridgehead atoms. The normalized spacial score (nSPS) is 8.29. The molecule has 0 amide bonds. The van der Waals surface area contributed by atoms with Crippen LogP contribution in [-0.4, -0.2) is 6.29 Å². The molecule has 1 aromatic carbocycles. The van der Waals surface area contributed by atoms with E-state index in [9.17, 15) is 9.18 Å². The summed E-state index contributed by atoms with van der Waals surface area (Å²) in [5.41, 5.74) is 0.493. The summed E-state index contributed by atoms with van der Waals surface area (Å²) in [7, 11) is 0. The highest BCUT2D eigenvalue weighted by molar-refractivity contribution is 5.55. The Balaban J connectivity index is 2.98. The Bertz CT molecular complexity index is 449. The lowest BCUT2D eigenvalue weighted by Gasteiger charge is -1.93. The molecule has 0 heterocycles. The van der Waals surface area contributed by atoms with Crippen LogP contribution in [0.15, 0.2) is 18.2 Å². The van der Waals surface area contributed by atoms with Crippen LogP contribution in [0.3, 0.4) is 0 Å². The van der Waals surface area contributed by atoms with Crippen LogP contribution in [0.1, 0.15) is 17.5 Å². The van der Waals surface area contributed by atoms with Gasteiger partial charge in [0.05, 0.1) is 12.0 Å². The average Bonchev–Trinajstić information content (AvgIpc) is 2.21. The van der Waals surface area contributed by atoms with Gasteiger partial charge in [-0.3, -0.25) is 0 Å². The number of nitriles is 1. The molecule has 0 saturated carbocycles. The third-order valence-electron chi connectivity index (χ3n) is 1.50. The molecular formula is C11H6FNO. The molecule has 0 spiro atoms. The fraction of sp³-hybridized carbons (Fsp3) is 0.0909. The maximum atomic E-state index is 12.8. The summed E-state index contributed by atoms with van der Waals surface area (Å²) in [5, 5.41) is 8.52. The second-order valence-corrected chi connectivity index (χ2v) is 2.48. The summed E-state index contributed by atoms with van der Waals surface area (Å²) >= 11 is 0. The lowest BCUT2D eigenvalue weighted by Crippen LogP contribution is -1.84. The Hall–Kier alpha value is -2.13. The second-order valence-electron chi connectivity index (χ2n) is 2.48. The lowest BCUT2D eigenvalue weighted by molar-refractivity contribution is -0.107.